The minimum atomic E-state index is -1.11. The molecule has 2 rings (SSSR count). The zero-order valence-corrected chi connectivity index (χ0v) is 10.4. The van der Waals surface area contributed by atoms with Gasteiger partial charge in [0.2, 0.25) is 5.91 Å². The average molecular weight is 264 g/mol. The van der Waals surface area contributed by atoms with Gasteiger partial charge in [-0.15, -0.1) is 0 Å². The number of carboxylic acid groups (broad SMARTS) is 1. The van der Waals surface area contributed by atoms with Crippen LogP contribution >= 0.6 is 0 Å². The third kappa shape index (κ3) is 3.61. The van der Waals surface area contributed by atoms with E-state index in [0.717, 1.165) is 12.8 Å². The van der Waals surface area contributed by atoms with Gasteiger partial charge in [0.15, 0.2) is 5.75 Å². The molecule has 1 aliphatic carbocycles. The van der Waals surface area contributed by atoms with Gasteiger partial charge in [0.05, 0.1) is 18.7 Å². The first-order chi connectivity index (χ1) is 9.08. The Bertz CT molecular complexity index is 497. The summed E-state index contributed by atoms with van der Waals surface area (Å²) in [4.78, 5) is 22.5. The van der Waals surface area contributed by atoms with Crippen molar-refractivity contribution < 1.29 is 19.4 Å². The highest BCUT2D eigenvalue weighted by Gasteiger charge is 2.23. The Morgan fingerprint density at radius 1 is 1.42 bits per heavy atom. The summed E-state index contributed by atoms with van der Waals surface area (Å²) in [6.45, 7) is 0.104. The Labute approximate surface area is 110 Å². The minimum Gasteiger partial charge on any atom is -0.490 e. The van der Waals surface area contributed by atoms with E-state index in [-0.39, 0.29) is 35.9 Å². The third-order valence-electron chi connectivity index (χ3n) is 2.79. The predicted molar refractivity (Wildman–Crippen MR) is 69.1 cm³/mol. The second-order valence-electron chi connectivity index (χ2n) is 4.47. The fraction of sp³-hybridized carbons (Fsp3) is 0.385. The summed E-state index contributed by atoms with van der Waals surface area (Å²) in [7, 11) is 0. The number of carbonyl (C=O) groups is 2. The summed E-state index contributed by atoms with van der Waals surface area (Å²) in [5.41, 5.74) is 5.93. The number of amides is 1. The van der Waals surface area contributed by atoms with Crippen molar-refractivity contribution in [3.05, 3.63) is 23.8 Å². The molecule has 1 amide bonds. The lowest BCUT2D eigenvalue weighted by molar-refractivity contribution is -0.121. The Kier molecular flexibility index (Phi) is 3.89. The molecule has 6 nitrogen and oxygen atoms in total. The van der Waals surface area contributed by atoms with Crippen LogP contribution in [0.2, 0.25) is 0 Å². The highest BCUT2D eigenvalue weighted by atomic mass is 16.5. The normalized spacial score (nSPS) is 13.9. The molecule has 1 aromatic rings. The number of para-hydroxylation sites is 1. The van der Waals surface area contributed by atoms with Crippen molar-refractivity contribution in [3.8, 4) is 5.75 Å². The van der Waals surface area contributed by atoms with Crippen LogP contribution in [0.3, 0.4) is 0 Å². The average Bonchev–Trinajstić information content (AvgIpc) is 3.14. The Balaban J connectivity index is 1.91. The van der Waals surface area contributed by atoms with Crippen LogP contribution in [-0.2, 0) is 4.79 Å². The van der Waals surface area contributed by atoms with Gasteiger partial charge in [-0.2, -0.15) is 0 Å². The monoisotopic (exact) mass is 264 g/mol. The molecule has 0 aromatic heterocycles. The fourth-order valence-electron chi connectivity index (χ4n) is 1.66. The molecule has 0 unspecified atom stereocenters. The van der Waals surface area contributed by atoms with E-state index in [1.54, 1.807) is 12.1 Å². The van der Waals surface area contributed by atoms with Gasteiger partial charge in [0, 0.05) is 6.04 Å². The molecule has 0 heterocycles. The molecule has 6 heteroatoms. The number of carboxylic acids is 1. The van der Waals surface area contributed by atoms with Gasteiger partial charge in [-0.1, -0.05) is 6.07 Å². The zero-order chi connectivity index (χ0) is 13.8. The SMILES string of the molecule is Nc1cccc(C(=O)O)c1OCCC(=O)NC1CC1. The Hall–Kier alpha value is -2.24. The number of nitrogen functional groups attached to an aromatic ring is 1. The predicted octanol–water partition coefficient (Wildman–Crippen LogP) is 1.01. The van der Waals surface area contributed by atoms with Crippen molar-refractivity contribution in [2.45, 2.75) is 25.3 Å². The number of benzene rings is 1. The van der Waals surface area contributed by atoms with Gasteiger partial charge in [0.1, 0.15) is 5.56 Å². The van der Waals surface area contributed by atoms with Crippen LogP contribution in [0.1, 0.15) is 29.6 Å². The molecule has 102 valence electrons. The summed E-state index contributed by atoms with van der Waals surface area (Å²) in [6.07, 6.45) is 2.24. The van der Waals surface area contributed by atoms with E-state index in [1.165, 1.54) is 6.07 Å². The van der Waals surface area contributed by atoms with Crippen LogP contribution in [0, 0.1) is 0 Å². The molecule has 0 atom stereocenters. The van der Waals surface area contributed by atoms with Crippen LogP contribution in [0.4, 0.5) is 5.69 Å². The lowest BCUT2D eigenvalue weighted by Crippen LogP contribution is -2.26. The topological polar surface area (TPSA) is 102 Å². The molecule has 0 aliphatic heterocycles. The summed E-state index contributed by atoms with van der Waals surface area (Å²) in [5.74, 6) is -1.08. The molecule has 1 saturated carbocycles. The third-order valence-corrected chi connectivity index (χ3v) is 2.79. The molecule has 0 spiro atoms. The molecule has 1 aliphatic rings. The van der Waals surface area contributed by atoms with Crippen molar-refractivity contribution in [1.82, 2.24) is 5.32 Å². The van der Waals surface area contributed by atoms with Gasteiger partial charge >= 0.3 is 5.97 Å². The van der Waals surface area contributed by atoms with Crippen LogP contribution in [0.25, 0.3) is 0 Å². The fourth-order valence-corrected chi connectivity index (χ4v) is 1.66. The molecule has 1 aromatic carbocycles. The van der Waals surface area contributed by atoms with Gasteiger partial charge in [-0.3, -0.25) is 4.79 Å². The Morgan fingerprint density at radius 2 is 2.16 bits per heavy atom. The molecule has 1 fully saturated rings. The number of ether oxygens (including phenoxy) is 1. The zero-order valence-electron chi connectivity index (χ0n) is 10.4. The number of nitrogens with two attached hydrogens (primary N) is 1. The van der Waals surface area contributed by atoms with Crippen molar-refractivity contribution in [1.29, 1.82) is 0 Å². The first-order valence-electron chi connectivity index (χ1n) is 6.12. The lowest BCUT2D eigenvalue weighted by Gasteiger charge is -2.11. The van der Waals surface area contributed by atoms with E-state index >= 15 is 0 Å². The summed E-state index contributed by atoms with van der Waals surface area (Å²) < 4.78 is 5.34. The molecule has 4 N–H and O–H groups in total. The maximum absolute atomic E-state index is 11.4. The number of carbonyl (C=O) groups excluding carboxylic acids is 1. The maximum Gasteiger partial charge on any atom is 0.339 e. The quantitative estimate of drug-likeness (QED) is 0.666. The van der Waals surface area contributed by atoms with Crippen LogP contribution in [-0.4, -0.2) is 29.6 Å². The molecular weight excluding hydrogens is 248 g/mol. The van der Waals surface area contributed by atoms with Crippen LogP contribution in [0.5, 0.6) is 5.75 Å². The van der Waals surface area contributed by atoms with Crippen molar-refractivity contribution in [2.75, 3.05) is 12.3 Å². The van der Waals surface area contributed by atoms with Crippen LogP contribution in [0.15, 0.2) is 18.2 Å². The standard InChI is InChI=1S/C13H16N2O4/c14-10-3-1-2-9(13(17)18)12(10)19-7-6-11(16)15-8-4-5-8/h1-3,8H,4-7,14H2,(H,15,16)(H,17,18). The highest BCUT2D eigenvalue weighted by Crippen LogP contribution is 2.26. The van der Waals surface area contributed by atoms with E-state index in [0.29, 0.717) is 6.04 Å². The number of aromatic carboxylic acids is 1. The summed E-state index contributed by atoms with van der Waals surface area (Å²) in [6, 6.07) is 4.83. The van der Waals surface area contributed by atoms with E-state index < -0.39 is 5.97 Å². The van der Waals surface area contributed by atoms with Gasteiger partial charge in [0.25, 0.3) is 0 Å². The first-order valence-corrected chi connectivity index (χ1v) is 6.12. The van der Waals surface area contributed by atoms with Crippen LogP contribution < -0.4 is 15.8 Å². The van der Waals surface area contributed by atoms with Crippen molar-refractivity contribution in [2.24, 2.45) is 0 Å². The molecular formula is C13H16N2O4. The summed E-state index contributed by atoms with van der Waals surface area (Å²) in [5, 5.41) is 11.8. The largest absolute Gasteiger partial charge is 0.490 e. The second-order valence-corrected chi connectivity index (χ2v) is 4.47. The molecule has 19 heavy (non-hydrogen) atoms. The van der Waals surface area contributed by atoms with Crippen molar-refractivity contribution in [3.63, 3.8) is 0 Å². The number of anilines is 1. The summed E-state index contributed by atoms with van der Waals surface area (Å²) >= 11 is 0. The first kappa shape index (κ1) is 13.2. The maximum atomic E-state index is 11.4. The second kappa shape index (κ2) is 5.60. The lowest BCUT2D eigenvalue weighted by atomic mass is 10.2. The number of hydrogen-bond acceptors (Lipinski definition) is 4. The Morgan fingerprint density at radius 3 is 2.79 bits per heavy atom. The smallest absolute Gasteiger partial charge is 0.339 e. The van der Waals surface area contributed by atoms with E-state index in [2.05, 4.69) is 5.32 Å². The van der Waals surface area contributed by atoms with E-state index in [4.69, 9.17) is 15.6 Å². The number of hydrogen-bond donors (Lipinski definition) is 3. The van der Waals surface area contributed by atoms with E-state index in [9.17, 15) is 9.59 Å². The van der Waals surface area contributed by atoms with Gasteiger partial charge in [-0.05, 0) is 25.0 Å². The molecule has 0 bridgehead atoms. The minimum absolute atomic E-state index is 0.00241. The van der Waals surface area contributed by atoms with Crippen molar-refractivity contribution >= 4 is 17.6 Å². The van der Waals surface area contributed by atoms with Gasteiger partial charge < -0.3 is 20.9 Å². The number of rotatable bonds is 6. The highest BCUT2D eigenvalue weighted by molar-refractivity contribution is 5.93. The number of nitrogens with one attached hydrogen (secondary N) is 1. The van der Waals surface area contributed by atoms with E-state index in [1.807, 2.05) is 0 Å². The van der Waals surface area contributed by atoms with Gasteiger partial charge in [-0.25, -0.2) is 4.79 Å². The molecule has 0 saturated heterocycles. The molecule has 0 radical (unpaired) electrons.